The van der Waals surface area contributed by atoms with E-state index < -0.39 is 0 Å². The molecule has 0 saturated heterocycles. The molecule has 1 aliphatic rings. The van der Waals surface area contributed by atoms with Gasteiger partial charge in [0.1, 0.15) is 5.75 Å². The number of hydrogen-bond acceptors (Lipinski definition) is 3. The SMILES string of the molecule is COC(=O)Cc1cc(Br)ccc1OCC1CC1. The minimum absolute atomic E-state index is 0.246. The van der Waals surface area contributed by atoms with E-state index in [9.17, 15) is 4.79 Å². The van der Waals surface area contributed by atoms with Crippen molar-refractivity contribution in [2.24, 2.45) is 5.92 Å². The smallest absolute Gasteiger partial charge is 0.310 e. The Bertz CT molecular complexity index is 413. The van der Waals surface area contributed by atoms with Crippen LogP contribution < -0.4 is 4.74 Å². The first-order chi connectivity index (χ1) is 8.19. The van der Waals surface area contributed by atoms with E-state index in [2.05, 4.69) is 20.7 Å². The third-order valence-corrected chi connectivity index (χ3v) is 3.25. The van der Waals surface area contributed by atoms with Crippen LogP contribution in [0.3, 0.4) is 0 Å². The highest BCUT2D eigenvalue weighted by Gasteiger charge is 2.22. The van der Waals surface area contributed by atoms with Gasteiger partial charge in [-0.2, -0.15) is 0 Å². The first-order valence-corrected chi connectivity index (χ1v) is 6.46. The Labute approximate surface area is 109 Å². The Hall–Kier alpha value is -1.03. The number of carbonyl (C=O) groups excluding carboxylic acids is 1. The summed E-state index contributed by atoms with van der Waals surface area (Å²) in [4.78, 5) is 11.3. The maximum Gasteiger partial charge on any atom is 0.310 e. The molecule has 92 valence electrons. The molecule has 1 aliphatic carbocycles. The lowest BCUT2D eigenvalue weighted by molar-refractivity contribution is -0.139. The van der Waals surface area contributed by atoms with E-state index in [1.54, 1.807) is 0 Å². The number of carbonyl (C=O) groups is 1. The zero-order valence-corrected chi connectivity index (χ0v) is 11.3. The fourth-order valence-electron chi connectivity index (χ4n) is 1.55. The van der Waals surface area contributed by atoms with Crippen LogP contribution in [0.4, 0.5) is 0 Å². The molecule has 1 fully saturated rings. The quantitative estimate of drug-likeness (QED) is 0.784. The molecule has 4 heteroatoms. The highest BCUT2D eigenvalue weighted by Crippen LogP contribution is 2.31. The molecule has 17 heavy (non-hydrogen) atoms. The summed E-state index contributed by atoms with van der Waals surface area (Å²) in [5.74, 6) is 1.23. The van der Waals surface area contributed by atoms with Gasteiger partial charge >= 0.3 is 5.97 Å². The minimum Gasteiger partial charge on any atom is -0.493 e. The molecule has 0 unspecified atom stereocenters. The number of methoxy groups -OCH3 is 1. The number of ether oxygens (including phenoxy) is 2. The van der Waals surface area contributed by atoms with Gasteiger partial charge < -0.3 is 9.47 Å². The average Bonchev–Trinajstić information content (AvgIpc) is 3.12. The molecule has 0 aromatic heterocycles. The van der Waals surface area contributed by atoms with Crippen molar-refractivity contribution in [2.45, 2.75) is 19.3 Å². The van der Waals surface area contributed by atoms with Crippen molar-refractivity contribution in [2.75, 3.05) is 13.7 Å². The van der Waals surface area contributed by atoms with Crippen LogP contribution in [0.15, 0.2) is 22.7 Å². The van der Waals surface area contributed by atoms with Gasteiger partial charge in [0.15, 0.2) is 0 Å². The third-order valence-electron chi connectivity index (χ3n) is 2.76. The Morgan fingerprint density at radius 2 is 2.24 bits per heavy atom. The second kappa shape index (κ2) is 5.54. The molecule has 0 spiro atoms. The molecule has 1 saturated carbocycles. The first-order valence-electron chi connectivity index (χ1n) is 5.67. The summed E-state index contributed by atoms with van der Waals surface area (Å²) in [5.41, 5.74) is 0.867. The molecule has 0 bridgehead atoms. The Morgan fingerprint density at radius 3 is 2.88 bits per heavy atom. The van der Waals surface area contributed by atoms with Gasteiger partial charge in [-0.15, -0.1) is 0 Å². The molecule has 0 radical (unpaired) electrons. The lowest BCUT2D eigenvalue weighted by atomic mass is 10.1. The molecule has 0 aliphatic heterocycles. The van der Waals surface area contributed by atoms with E-state index in [0.717, 1.165) is 22.4 Å². The lowest BCUT2D eigenvalue weighted by Gasteiger charge is -2.11. The molecule has 0 amide bonds. The van der Waals surface area contributed by atoms with E-state index in [-0.39, 0.29) is 12.4 Å². The van der Waals surface area contributed by atoms with Crippen molar-refractivity contribution in [3.05, 3.63) is 28.2 Å². The van der Waals surface area contributed by atoms with Crippen LogP contribution in [0.2, 0.25) is 0 Å². The highest BCUT2D eigenvalue weighted by atomic mass is 79.9. The number of benzene rings is 1. The maximum atomic E-state index is 11.3. The van der Waals surface area contributed by atoms with Crippen molar-refractivity contribution >= 4 is 21.9 Å². The van der Waals surface area contributed by atoms with Gasteiger partial charge in [-0.25, -0.2) is 0 Å². The van der Waals surface area contributed by atoms with E-state index >= 15 is 0 Å². The topological polar surface area (TPSA) is 35.5 Å². The van der Waals surface area contributed by atoms with Gasteiger partial charge in [0.05, 0.1) is 20.1 Å². The molecule has 3 nitrogen and oxygen atoms in total. The lowest BCUT2D eigenvalue weighted by Crippen LogP contribution is -2.08. The minimum atomic E-state index is -0.251. The van der Waals surface area contributed by atoms with E-state index in [4.69, 9.17) is 4.74 Å². The summed E-state index contributed by atoms with van der Waals surface area (Å²) < 4.78 is 11.3. The fraction of sp³-hybridized carbons (Fsp3) is 0.462. The van der Waals surface area contributed by atoms with Gasteiger partial charge in [0.2, 0.25) is 0 Å². The second-order valence-electron chi connectivity index (χ2n) is 4.26. The summed E-state index contributed by atoms with van der Waals surface area (Å²) in [7, 11) is 1.39. The molecule has 2 rings (SSSR count). The van der Waals surface area contributed by atoms with Crippen molar-refractivity contribution < 1.29 is 14.3 Å². The number of esters is 1. The number of rotatable bonds is 5. The highest BCUT2D eigenvalue weighted by molar-refractivity contribution is 9.10. The summed E-state index contributed by atoms with van der Waals surface area (Å²) in [6.45, 7) is 0.746. The molecular weight excluding hydrogens is 284 g/mol. The predicted octanol–water partition coefficient (Wildman–Crippen LogP) is 2.95. The maximum absolute atomic E-state index is 11.3. The van der Waals surface area contributed by atoms with Crippen LogP contribution in [0.5, 0.6) is 5.75 Å². The summed E-state index contributed by atoms with van der Waals surface area (Å²) in [5, 5.41) is 0. The van der Waals surface area contributed by atoms with Crippen LogP contribution in [-0.2, 0) is 16.0 Å². The largest absolute Gasteiger partial charge is 0.493 e. The van der Waals surface area contributed by atoms with Gasteiger partial charge in [-0.05, 0) is 37.0 Å². The Balaban J connectivity index is 2.08. The zero-order chi connectivity index (χ0) is 12.3. The van der Waals surface area contributed by atoms with Crippen molar-refractivity contribution in [1.29, 1.82) is 0 Å². The van der Waals surface area contributed by atoms with Crippen molar-refractivity contribution in [3.63, 3.8) is 0 Å². The second-order valence-corrected chi connectivity index (χ2v) is 5.18. The Morgan fingerprint density at radius 1 is 1.47 bits per heavy atom. The monoisotopic (exact) mass is 298 g/mol. The van der Waals surface area contributed by atoms with Crippen LogP contribution in [-0.4, -0.2) is 19.7 Å². The average molecular weight is 299 g/mol. The van der Waals surface area contributed by atoms with E-state index in [1.807, 2.05) is 18.2 Å². The molecule has 1 aromatic rings. The number of halogens is 1. The van der Waals surface area contributed by atoms with Crippen LogP contribution in [0, 0.1) is 5.92 Å². The number of hydrogen-bond donors (Lipinski definition) is 0. The molecule has 0 N–H and O–H groups in total. The normalized spacial score (nSPS) is 14.5. The molecule has 0 atom stereocenters. The summed E-state index contributed by atoms with van der Waals surface area (Å²) in [6, 6.07) is 5.72. The van der Waals surface area contributed by atoms with Crippen molar-refractivity contribution in [3.8, 4) is 5.75 Å². The van der Waals surface area contributed by atoms with Crippen LogP contribution in [0.1, 0.15) is 18.4 Å². The van der Waals surface area contributed by atoms with E-state index in [1.165, 1.54) is 20.0 Å². The van der Waals surface area contributed by atoms with Gasteiger partial charge in [-0.3, -0.25) is 4.79 Å². The van der Waals surface area contributed by atoms with E-state index in [0.29, 0.717) is 5.92 Å². The standard InChI is InChI=1S/C13H15BrO3/c1-16-13(15)7-10-6-11(14)4-5-12(10)17-8-9-2-3-9/h4-6,9H,2-3,7-8H2,1H3. The predicted molar refractivity (Wildman–Crippen MR) is 68.1 cm³/mol. The molecule has 1 aromatic carbocycles. The molecule has 0 heterocycles. The third kappa shape index (κ3) is 3.73. The van der Waals surface area contributed by atoms with Gasteiger partial charge in [0.25, 0.3) is 0 Å². The molecular formula is C13H15BrO3. The summed E-state index contributed by atoms with van der Waals surface area (Å²) in [6.07, 6.45) is 2.75. The van der Waals surface area contributed by atoms with Gasteiger partial charge in [-0.1, -0.05) is 15.9 Å². The first kappa shape index (κ1) is 12.4. The van der Waals surface area contributed by atoms with Crippen LogP contribution in [0.25, 0.3) is 0 Å². The summed E-state index contributed by atoms with van der Waals surface area (Å²) >= 11 is 3.39. The fourth-order valence-corrected chi connectivity index (χ4v) is 1.96. The van der Waals surface area contributed by atoms with Crippen LogP contribution >= 0.6 is 15.9 Å². The Kier molecular flexibility index (Phi) is 4.05. The van der Waals surface area contributed by atoms with Crippen molar-refractivity contribution in [1.82, 2.24) is 0 Å². The van der Waals surface area contributed by atoms with Gasteiger partial charge in [0, 0.05) is 10.0 Å². The zero-order valence-electron chi connectivity index (χ0n) is 9.74.